The minimum Gasteiger partial charge on any atom is -0.349 e. The Balaban J connectivity index is 1.89. The third-order valence-electron chi connectivity index (χ3n) is 3.97. The van der Waals surface area contributed by atoms with Crippen LogP contribution in [0.3, 0.4) is 0 Å². The molecule has 1 unspecified atom stereocenters. The van der Waals surface area contributed by atoms with E-state index in [4.69, 9.17) is 0 Å². The molecule has 2 N–H and O–H groups in total. The number of nitrogens with one attached hydrogen (secondary N) is 2. The molecule has 0 saturated heterocycles. The van der Waals surface area contributed by atoms with E-state index >= 15 is 0 Å². The van der Waals surface area contributed by atoms with E-state index in [-0.39, 0.29) is 0 Å². The molecule has 1 aliphatic rings. The molecule has 1 atom stereocenters. The van der Waals surface area contributed by atoms with Crippen molar-refractivity contribution in [2.24, 2.45) is 11.8 Å². The van der Waals surface area contributed by atoms with E-state index in [1.165, 1.54) is 25.7 Å². The first kappa shape index (κ1) is 11.6. The van der Waals surface area contributed by atoms with Crippen molar-refractivity contribution in [1.29, 1.82) is 0 Å². The monoisotopic (exact) mass is 221 g/mol. The first-order valence-corrected chi connectivity index (χ1v) is 6.45. The minimum absolute atomic E-state index is 0.582. The number of likely N-dealkylation sites (N-methyl/N-ethyl adjacent to an activating group) is 1. The van der Waals surface area contributed by atoms with Crippen molar-refractivity contribution in [2.75, 3.05) is 7.05 Å². The van der Waals surface area contributed by atoms with Crippen LogP contribution in [0.15, 0.2) is 12.4 Å². The van der Waals surface area contributed by atoms with Crippen molar-refractivity contribution >= 4 is 0 Å². The number of imidazole rings is 1. The van der Waals surface area contributed by atoms with Gasteiger partial charge in [-0.15, -0.1) is 0 Å². The van der Waals surface area contributed by atoms with E-state index in [2.05, 4.69) is 29.3 Å². The van der Waals surface area contributed by atoms with E-state index < -0.39 is 0 Å². The molecule has 0 radical (unpaired) electrons. The molecular formula is C13H23N3. The van der Waals surface area contributed by atoms with Gasteiger partial charge < -0.3 is 10.3 Å². The number of rotatable bonds is 4. The summed E-state index contributed by atoms with van der Waals surface area (Å²) in [7, 11) is 2.08. The molecule has 16 heavy (non-hydrogen) atoms. The van der Waals surface area contributed by atoms with Gasteiger partial charge in [-0.2, -0.15) is 0 Å². The molecule has 0 bridgehead atoms. The molecule has 0 aliphatic heterocycles. The van der Waals surface area contributed by atoms with Crippen LogP contribution in [0.4, 0.5) is 0 Å². The predicted octanol–water partition coefficient (Wildman–Crippen LogP) is 2.37. The summed E-state index contributed by atoms with van der Waals surface area (Å²) < 4.78 is 0. The lowest BCUT2D eigenvalue weighted by atomic mass is 9.78. The number of nitrogens with zero attached hydrogens (tertiary/aromatic N) is 1. The van der Waals surface area contributed by atoms with Crippen molar-refractivity contribution in [3.05, 3.63) is 18.2 Å². The van der Waals surface area contributed by atoms with Crippen molar-refractivity contribution in [2.45, 2.75) is 45.1 Å². The zero-order chi connectivity index (χ0) is 11.4. The van der Waals surface area contributed by atoms with Crippen molar-refractivity contribution in [3.8, 4) is 0 Å². The Bertz CT molecular complexity index is 286. The molecule has 2 rings (SSSR count). The summed E-state index contributed by atoms with van der Waals surface area (Å²) in [4.78, 5) is 7.52. The van der Waals surface area contributed by atoms with Gasteiger partial charge in [0, 0.05) is 24.9 Å². The first-order valence-electron chi connectivity index (χ1n) is 6.45. The van der Waals surface area contributed by atoms with Gasteiger partial charge in [0.15, 0.2) is 0 Å². The van der Waals surface area contributed by atoms with Gasteiger partial charge in [0.1, 0.15) is 5.82 Å². The summed E-state index contributed by atoms with van der Waals surface area (Å²) in [6, 6.07) is 0.582. The molecule has 0 spiro atoms. The molecule has 90 valence electrons. The maximum Gasteiger partial charge on any atom is 0.107 e. The Morgan fingerprint density at radius 3 is 2.75 bits per heavy atom. The highest BCUT2D eigenvalue weighted by Gasteiger charge is 2.25. The summed E-state index contributed by atoms with van der Waals surface area (Å²) in [6.45, 7) is 2.37. The molecule has 1 fully saturated rings. The van der Waals surface area contributed by atoms with Crippen LogP contribution in [0.5, 0.6) is 0 Å². The molecule has 0 amide bonds. The summed E-state index contributed by atoms with van der Waals surface area (Å²) in [5.74, 6) is 2.86. The van der Waals surface area contributed by atoms with Gasteiger partial charge in [-0.25, -0.2) is 4.98 Å². The van der Waals surface area contributed by atoms with Gasteiger partial charge in [-0.1, -0.05) is 19.8 Å². The lowest BCUT2D eigenvalue weighted by Crippen LogP contribution is -2.37. The molecule has 3 nitrogen and oxygen atoms in total. The van der Waals surface area contributed by atoms with Crippen molar-refractivity contribution in [1.82, 2.24) is 15.3 Å². The average Bonchev–Trinajstić information content (AvgIpc) is 2.80. The highest BCUT2D eigenvalue weighted by atomic mass is 14.9. The molecule has 1 saturated carbocycles. The summed E-state index contributed by atoms with van der Waals surface area (Å²) >= 11 is 0. The molecule has 1 aromatic rings. The quantitative estimate of drug-likeness (QED) is 0.819. The fourth-order valence-corrected chi connectivity index (χ4v) is 2.81. The van der Waals surface area contributed by atoms with Gasteiger partial charge in [-0.05, 0) is 31.7 Å². The summed E-state index contributed by atoms with van der Waals surface area (Å²) in [6.07, 6.45) is 10.3. The minimum atomic E-state index is 0.582. The van der Waals surface area contributed by atoms with Crippen LogP contribution in [0.2, 0.25) is 0 Å². The fraction of sp³-hybridized carbons (Fsp3) is 0.769. The van der Waals surface area contributed by atoms with Crippen LogP contribution in [0.1, 0.15) is 38.4 Å². The summed E-state index contributed by atoms with van der Waals surface area (Å²) in [5.41, 5.74) is 0. The largest absolute Gasteiger partial charge is 0.349 e. The zero-order valence-electron chi connectivity index (χ0n) is 10.4. The third kappa shape index (κ3) is 2.85. The van der Waals surface area contributed by atoms with Crippen LogP contribution in [0, 0.1) is 11.8 Å². The normalized spacial score (nSPS) is 27.9. The van der Waals surface area contributed by atoms with Crippen LogP contribution < -0.4 is 5.32 Å². The van der Waals surface area contributed by atoms with E-state index in [0.717, 1.165) is 24.1 Å². The lowest BCUT2D eigenvalue weighted by Gasteiger charge is -2.32. The second-order valence-electron chi connectivity index (χ2n) is 5.16. The van der Waals surface area contributed by atoms with E-state index in [1.807, 2.05) is 12.4 Å². The smallest absolute Gasteiger partial charge is 0.107 e. The summed E-state index contributed by atoms with van der Waals surface area (Å²) in [5, 5.41) is 3.46. The maximum absolute atomic E-state index is 4.32. The second-order valence-corrected chi connectivity index (χ2v) is 5.16. The number of hydrogen-bond acceptors (Lipinski definition) is 2. The Hall–Kier alpha value is -0.830. The Kier molecular flexibility index (Phi) is 3.99. The predicted molar refractivity (Wildman–Crippen MR) is 66.3 cm³/mol. The Labute approximate surface area is 98.1 Å². The first-order chi connectivity index (χ1) is 7.79. The van der Waals surface area contributed by atoms with E-state index in [9.17, 15) is 0 Å². The van der Waals surface area contributed by atoms with Crippen LogP contribution in [-0.4, -0.2) is 23.1 Å². The highest BCUT2D eigenvalue weighted by molar-refractivity contribution is 4.93. The molecule has 0 aromatic carbocycles. The average molecular weight is 221 g/mol. The topological polar surface area (TPSA) is 40.7 Å². The van der Waals surface area contributed by atoms with Crippen molar-refractivity contribution < 1.29 is 0 Å². The van der Waals surface area contributed by atoms with E-state index in [1.54, 1.807) is 0 Å². The second kappa shape index (κ2) is 5.48. The standard InChI is InChI=1S/C13H23N3/c1-10-3-5-11(6-4-10)12(14-2)9-13-15-7-8-16-13/h7-8,10-12,14H,3-6,9H2,1-2H3,(H,15,16). The number of aromatic amines is 1. The Morgan fingerprint density at radius 2 is 2.19 bits per heavy atom. The van der Waals surface area contributed by atoms with Crippen molar-refractivity contribution in [3.63, 3.8) is 0 Å². The van der Waals surface area contributed by atoms with Gasteiger partial charge in [0.2, 0.25) is 0 Å². The molecular weight excluding hydrogens is 198 g/mol. The lowest BCUT2D eigenvalue weighted by molar-refractivity contribution is 0.234. The molecule has 1 aromatic heterocycles. The van der Waals surface area contributed by atoms with Crippen LogP contribution >= 0.6 is 0 Å². The molecule has 1 aliphatic carbocycles. The molecule has 3 heteroatoms. The van der Waals surface area contributed by atoms with Gasteiger partial charge in [0.05, 0.1) is 0 Å². The number of aromatic nitrogens is 2. The zero-order valence-corrected chi connectivity index (χ0v) is 10.4. The number of H-pyrrole nitrogens is 1. The van der Waals surface area contributed by atoms with Gasteiger partial charge in [0.25, 0.3) is 0 Å². The Morgan fingerprint density at radius 1 is 1.44 bits per heavy atom. The van der Waals surface area contributed by atoms with Crippen LogP contribution in [0.25, 0.3) is 0 Å². The third-order valence-corrected chi connectivity index (χ3v) is 3.97. The maximum atomic E-state index is 4.32. The highest BCUT2D eigenvalue weighted by Crippen LogP contribution is 2.31. The number of hydrogen-bond donors (Lipinski definition) is 2. The van der Waals surface area contributed by atoms with Crippen LogP contribution in [-0.2, 0) is 6.42 Å². The van der Waals surface area contributed by atoms with E-state index in [0.29, 0.717) is 6.04 Å². The van der Waals surface area contributed by atoms with Gasteiger partial charge in [-0.3, -0.25) is 0 Å². The molecule has 1 heterocycles. The fourth-order valence-electron chi connectivity index (χ4n) is 2.81. The SMILES string of the molecule is CNC(Cc1ncc[nH]1)C1CCC(C)CC1. The van der Waals surface area contributed by atoms with Gasteiger partial charge >= 0.3 is 0 Å².